The van der Waals surface area contributed by atoms with Gasteiger partial charge in [-0.15, -0.1) is 24.0 Å². The lowest BCUT2D eigenvalue weighted by Gasteiger charge is -2.19. The molecule has 0 bridgehead atoms. The Labute approximate surface area is 158 Å². The highest BCUT2D eigenvalue weighted by Gasteiger charge is 2.45. The summed E-state index contributed by atoms with van der Waals surface area (Å²) in [6.07, 6.45) is 5.78. The lowest BCUT2D eigenvalue weighted by Crippen LogP contribution is -2.41. The van der Waals surface area contributed by atoms with Crippen LogP contribution >= 0.6 is 24.0 Å². The number of hydrogen-bond acceptors (Lipinski definition) is 2. The van der Waals surface area contributed by atoms with Gasteiger partial charge < -0.3 is 10.6 Å². The highest BCUT2D eigenvalue weighted by atomic mass is 127. The van der Waals surface area contributed by atoms with Gasteiger partial charge in [-0.25, -0.2) is 4.39 Å². The number of guanidine groups is 1. The zero-order chi connectivity index (χ0) is 16.3. The van der Waals surface area contributed by atoms with Crippen molar-refractivity contribution in [2.24, 2.45) is 12.0 Å². The summed E-state index contributed by atoms with van der Waals surface area (Å²) in [7, 11) is 3.63. The third-order valence-electron chi connectivity index (χ3n) is 4.33. The van der Waals surface area contributed by atoms with E-state index in [9.17, 15) is 4.39 Å². The van der Waals surface area contributed by atoms with Crippen LogP contribution in [0.3, 0.4) is 0 Å². The fourth-order valence-electron chi connectivity index (χ4n) is 2.81. The number of halogens is 2. The van der Waals surface area contributed by atoms with Gasteiger partial charge in [0.25, 0.3) is 0 Å². The molecule has 0 unspecified atom stereocenters. The largest absolute Gasteiger partial charge is 0.356 e. The van der Waals surface area contributed by atoms with Crippen molar-refractivity contribution in [1.29, 1.82) is 0 Å². The number of nitrogens with zero attached hydrogens (tertiary/aromatic N) is 3. The van der Waals surface area contributed by atoms with Gasteiger partial charge in [0.1, 0.15) is 5.82 Å². The quantitative estimate of drug-likeness (QED) is 0.425. The van der Waals surface area contributed by atoms with Crippen LogP contribution in [0.25, 0.3) is 0 Å². The molecular formula is C17H23FIN5. The molecule has 0 radical (unpaired) electrons. The highest BCUT2D eigenvalue weighted by Crippen LogP contribution is 2.48. The van der Waals surface area contributed by atoms with Crippen molar-refractivity contribution < 1.29 is 4.39 Å². The smallest absolute Gasteiger partial charge is 0.191 e. The molecule has 5 nitrogen and oxygen atoms in total. The van der Waals surface area contributed by atoms with Gasteiger partial charge in [-0.05, 0) is 24.5 Å². The molecule has 3 rings (SSSR count). The lowest BCUT2D eigenvalue weighted by atomic mass is 9.95. The van der Waals surface area contributed by atoms with Crippen molar-refractivity contribution in [3.8, 4) is 0 Å². The van der Waals surface area contributed by atoms with Gasteiger partial charge in [0.05, 0.1) is 6.20 Å². The third kappa shape index (κ3) is 4.25. The van der Waals surface area contributed by atoms with Crippen LogP contribution in [-0.2, 0) is 19.0 Å². The molecule has 1 heterocycles. The number of aliphatic imine (C=N–C) groups is 1. The molecule has 1 aliphatic rings. The summed E-state index contributed by atoms with van der Waals surface area (Å²) >= 11 is 0. The van der Waals surface area contributed by atoms with Gasteiger partial charge in [-0.1, -0.05) is 18.2 Å². The fourth-order valence-corrected chi connectivity index (χ4v) is 2.81. The molecule has 1 saturated carbocycles. The standard InChI is InChI=1S/C17H22FN5.HI/c1-19-16(20-9-13-10-22-23(2)11-13)21-12-17(7-8-17)14-5-3-4-6-15(14)18;/h3-6,10-11H,7-9,12H2,1-2H3,(H2,19,20,21);1H. The van der Waals surface area contributed by atoms with Crippen LogP contribution < -0.4 is 10.6 Å². The molecule has 1 aromatic carbocycles. The first-order chi connectivity index (χ1) is 11.1. The molecule has 2 aromatic rings. The minimum absolute atomic E-state index is 0. The molecule has 24 heavy (non-hydrogen) atoms. The molecule has 130 valence electrons. The molecule has 0 saturated heterocycles. The van der Waals surface area contributed by atoms with E-state index in [0.717, 1.165) is 29.9 Å². The predicted molar refractivity (Wildman–Crippen MR) is 104 cm³/mol. The van der Waals surface area contributed by atoms with E-state index < -0.39 is 0 Å². The lowest BCUT2D eigenvalue weighted by molar-refractivity contribution is 0.559. The third-order valence-corrected chi connectivity index (χ3v) is 4.33. The highest BCUT2D eigenvalue weighted by molar-refractivity contribution is 14.0. The van der Waals surface area contributed by atoms with E-state index in [1.807, 2.05) is 31.6 Å². The summed E-state index contributed by atoms with van der Waals surface area (Å²) in [5.41, 5.74) is 1.79. The van der Waals surface area contributed by atoms with Crippen LogP contribution in [0, 0.1) is 5.82 Å². The maximum Gasteiger partial charge on any atom is 0.191 e. The minimum Gasteiger partial charge on any atom is -0.356 e. The molecule has 0 spiro atoms. The monoisotopic (exact) mass is 443 g/mol. The minimum atomic E-state index is -0.120. The number of hydrogen-bond donors (Lipinski definition) is 2. The summed E-state index contributed by atoms with van der Waals surface area (Å²) in [5, 5.41) is 10.7. The number of benzene rings is 1. The van der Waals surface area contributed by atoms with Crippen molar-refractivity contribution in [2.75, 3.05) is 13.6 Å². The summed E-state index contributed by atoms with van der Waals surface area (Å²) in [6, 6.07) is 7.05. The molecule has 1 fully saturated rings. The van der Waals surface area contributed by atoms with Gasteiger partial charge >= 0.3 is 0 Å². The van der Waals surface area contributed by atoms with E-state index in [0.29, 0.717) is 13.1 Å². The maximum atomic E-state index is 14.0. The summed E-state index contributed by atoms with van der Waals surface area (Å²) < 4.78 is 15.8. The number of aryl methyl sites for hydroxylation is 1. The Kier molecular flexibility index (Phi) is 6.20. The van der Waals surface area contributed by atoms with Crippen LogP contribution in [0.5, 0.6) is 0 Å². The van der Waals surface area contributed by atoms with Crippen LogP contribution in [-0.4, -0.2) is 29.3 Å². The Morgan fingerprint density at radius 1 is 1.33 bits per heavy atom. The van der Waals surface area contributed by atoms with E-state index in [1.165, 1.54) is 6.07 Å². The van der Waals surface area contributed by atoms with E-state index >= 15 is 0 Å². The topological polar surface area (TPSA) is 54.2 Å². The average Bonchev–Trinajstić information content (AvgIpc) is 3.22. The van der Waals surface area contributed by atoms with Gasteiger partial charge in [-0.2, -0.15) is 5.10 Å². The van der Waals surface area contributed by atoms with E-state index in [-0.39, 0.29) is 35.2 Å². The summed E-state index contributed by atoms with van der Waals surface area (Å²) in [5.74, 6) is 0.599. The van der Waals surface area contributed by atoms with Crippen molar-refractivity contribution in [2.45, 2.75) is 24.8 Å². The van der Waals surface area contributed by atoms with E-state index in [4.69, 9.17) is 0 Å². The number of aromatic nitrogens is 2. The second kappa shape index (κ2) is 7.96. The molecule has 1 aliphatic carbocycles. The van der Waals surface area contributed by atoms with Crippen LogP contribution in [0.4, 0.5) is 4.39 Å². The first-order valence-corrected chi connectivity index (χ1v) is 7.80. The second-order valence-corrected chi connectivity index (χ2v) is 6.06. The fraction of sp³-hybridized carbons (Fsp3) is 0.412. The molecule has 0 atom stereocenters. The zero-order valence-corrected chi connectivity index (χ0v) is 16.3. The predicted octanol–water partition coefficient (Wildman–Crippen LogP) is 2.57. The molecular weight excluding hydrogens is 420 g/mol. The Bertz CT molecular complexity index is 709. The molecule has 0 aliphatic heterocycles. The number of rotatable bonds is 5. The average molecular weight is 443 g/mol. The van der Waals surface area contributed by atoms with Gasteiger partial charge in [-0.3, -0.25) is 9.67 Å². The Balaban J connectivity index is 0.00000208. The van der Waals surface area contributed by atoms with Gasteiger partial charge in [0.2, 0.25) is 0 Å². The normalized spacial score (nSPS) is 15.5. The van der Waals surface area contributed by atoms with Crippen molar-refractivity contribution in [3.05, 3.63) is 53.6 Å². The zero-order valence-electron chi connectivity index (χ0n) is 13.9. The van der Waals surface area contributed by atoms with E-state index in [2.05, 4.69) is 20.7 Å². The Morgan fingerprint density at radius 2 is 2.08 bits per heavy atom. The van der Waals surface area contributed by atoms with Gasteiger partial charge in [0, 0.05) is 44.4 Å². The van der Waals surface area contributed by atoms with Crippen LogP contribution in [0.2, 0.25) is 0 Å². The van der Waals surface area contributed by atoms with E-state index in [1.54, 1.807) is 17.8 Å². The first kappa shape index (κ1) is 18.7. The molecule has 7 heteroatoms. The Hall–Kier alpha value is -1.64. The molecule has 1 aromatic heterocycles. The maximum absolute atomic E-state index is 14.0. The number of nitrogens with one attached hydrogen (secondary N) is 2. The first-order valence-electron chi connectivity index (χ1n) is 7.80. The van der Waals surface area contributed by atoms with Gasteiger partial charge in [0.15, 0.2) is 5.96 Å². The van der Waals surface area contributed by atoms with Crippen LogP contribution in [0.1, 0.15) is 24.0 Å². The van der Waals surface area contributed by atoms with Crippen molar-refractivity contribution in [3.63, 3.8) is 0 Å². The summed E-state index contributed by atoms with van der Waals surface area (Å²) in [4.78, 5) is 4.23. The second-order valence-electron chi connectivity index (χ2n) is 6.06. The molecule has 0 amide bonds. The molecule has 2 N–H and O–H groups in total. The summed E-state index contributed by atoms with van der Waals surface area (Å²) in [6.45, 7) is 1.33. The van der Waals surface area contributed by atoms with Crippen LogP contribution in [0.15, 0.2) is 41.7 Å². The van der Waals surface area contributed by atoms with Crippen molar-refractivity contribution in [1.82, 2.24) is 20.4 Å². The SMILES string of the molecule is CN=C(NCc1cnn(C)c1)NCC1(c2ccccc2F)CC1.I. The Morgan fingerprint density at radius 3 is 2.67 bits per heavy atom. The van der Waals surface area contributed by atoms with Crippen molar-refractivity contribution >= 4 is 29.9 Å².